The highest BCUT2D eigenvalue weighted by molar-refractivity contribution is 6.05. The van der Waals surface area contributed by atoms with Gasteiger partial charge in [-0.2, -0.15) is 0 Å². The van der Waals surface area contributed by atoms with Crippen LogP contribution in [-0.2, 0) is 33.6 Å². The number of ether oxygens (including phenoxy) is 1. The Morgan fingerprint density at radius 1 is 0.889 bits per heavy atom. The Labute approximate surface area is 157 Å². The van der Waals surface area contributed by atoms with E-state index in [-0.39, 0.29) is 41.6 Å². The molecular formula is C19H25NO7. The molecule has 0 heterocycles. The van der Waals surface area contributed by atoms with E-state index in [2.05, 4.69) is 5.32 Å². The molecule has 27 heavy (non-hydrogen) atoms. The molecule has 1 aromatic carbocycles. The van der Waals surface area contributed by atoms with Gasteiger partial charge in [0, 0.05) is 12.6 Å². The van der Waals surface area contributed by atoms with Crippen LogP contribution < -0.4 is 5.32 Å². The van der Waals surface area contributed by atoms with Gasteiger partial charge >= 0.3 is 17.9 Å². The van der Waals surface area contributed by atoms with Gasteiger partial charge in [-0.15, -0.1) is 0 Å². The van der Waals surface area contributed by atoms with Crippen LogP contribution in [0.3, 0.4) is 0 Å². The van der Waals surface area contributed by atoms with Crippen molar-refractivity contribution < 1.29 is 34.1 Å². The van der Waals surface area contributed by atoms with Crippen molar-refractivity contribution in [1.82, 2.24) is 0 Å². The number of amides is 1. The van der Waals surface area contributed by atoms with E-state index in [0.717, 1.165) is 0 Å². The summed E-state index contributed by atoms with van der Waals surface area (Å²) in [6, 6.07) is 0. The van der Waals surface area contributed by atoms with Gasteiger partial charge in [-0.05, 0) is 42.9 Å². The van der Waals surface area contributed by atoms with Gasteiger partial charge in [0.05, 0.1) is 11.1 Å². The van der Waals surface area contributed by atoms with Gasteiger partial charge in [-0.25, -0.2) is 9.59 Å². The predicted molar refractivity (Wildman–Crippen MR) is 98.4 cm³/mol. The van der Waals surface area contributed by atoms with Crippen LogP contribution in [0.4, 0.5) is 5.69 Å². The van der Waals surface area contributed by atoms with E-state index in [1.165, 1.54) is 13.8 Å². The summed E-state index contributed by atoms with van der Waals surface area (Å²) in [5, 5.41) is 22.0. The second-order valence-electron chi connectivity index (χ2n) is 5.97. The van der Waals surface area contributed by atoms with Crippen LogP contribution in [0.15, 0.2) is 0 Å². The first kappa shape index (κ1) is 22.1. The minimum Gasteiger partial charge on any atom is -0.478 e. The van der Waals surface area contributed by atoms with E-state index in [0.29, 0.717) is 11.1 Å². The Kier molecular flexibility index (Phi) is 7.51. The lowest BCUT2D eigenvalue weighted by Crippen LogP contribution is -2.31. The largest absolute Gasteiger partial charge is 0.478 e. The monoisotopic (exact) mass is 379 g/mol. The molecule has 148 valence electrons. The quantitative estimate of drug-likeness (QED) is 0.592. The van der Waals surface area contributed by atoms with E-state index in [4.69, 9.17) is 4.74 Å². The highest BCUT2D eigenvalue weighted by Gasteiger charge is 2.29. The number of rotatable bonds is 8. The van der Waals surface area contributed by atoms with Gasteiger partial charge in [0.2, 0.25) is 0 Å². The molecule has 0 radical (unpaired) electrons. The zero-order valence-corrected chi connectivity index (χ0v) is 16.1. The zero-order chi connectivity index (χ0) is 20.9. The molecular weight excluding hydrogens is 354 g/mol. The Morgan fingerprint density at radius 3 is 1.59 bits per heavy atom. The number of esters is 1. The van der Waals surface area contributed by atoms with Crippen LogP contribution in [-0.4, -0.2) is 40.1 Å². The molecule has 0 aliphatic carbocycles. The lowest BCUT2D eigenvalue weighted by molar-refractivity contribution is -0.150. The van der Waals surface area contributed by atoms with Gasteiger partial charge in [0.1, 0.15) is 0 Å². The number of carbonyl (C=O) groups excluding carboxylic acids is 2. The third-order valence-electron chi connectivity index (χ3n) is 4.26. The normalized spacial score (nSPS) is 11.6. The highest BCUT2D eigenvalue weighted by Crippen LogP contribution is 2.34. The fourth-order valence-corrected chi connectivity index (χ4v) is 3.18. The lowest BCUT2D eigenvalue weighted by Gasteiger charge is -2.23. The molecule has 0 spiro atoms. The summed E-state index contributed by atoms with van der Waals surface area (Å²) < 4.78 is 4.85. The molecule has 3 N–H and O–H groups in total. The van der Waals surface area contributed by atoms with E-state index < -0.39 is 29.9 Å². The Bertz CT molecular complexity index is 740. The van der Waals surface area contributed by atoms with Gasteiger partial charge in [0.15, 0.2) is 6.10 Å². The fourth-order valence-electron chi connectivity index (χ4n) is 3.18. The number of hydrogen-bond acceptors (Lipinski definition) is 5. The number of carboxylic acid groups (broad SMARTS) is 2. The SMILES string of the molecule is CCc1c(NC(=O)C(C)OC(C)=O)c(CC)c(C(=O)O)c(CC)c1C(=O)O. The van der Waals surface area contributed by atoms with Crippen molar-refractivity contribution in [3.05, 3.63) is 27.8 Å². The standard InChI is InChI=1S/C19H25NO7/c1-6-11-14(18(23)24)12(7-2)16(13(8-3)15(11)19(25)26)20-17(22)9(4)27-10(5)21/h9H,6-8H2,1-5H3,(H,20,22)(H,23,24)(H,25,26). The topological polar surface area (TPSA) is 130 Å². The van der Waals surface area contributed by atoms with E-state index >= 15 is 0 Å². The number of benzene rings is 1. The number of hydrogen-bond donors (Lipinski definition) is 3. The minimum absolute atomic E-state index is 0.106. The summed E-state index contributed by atoms with van der Waals surface area (Å²) in [7, 11) is 0. The van der Waals surface area contributed by atoms with Crippen LogP contribution in [0, 0.1) is 0 Å². The second-order valence-corrected chi connectivity index (χ2v) is 5.97. The van der Waals surface area contributed by atoms with Gasteiger partial charge in [0.25, 0.3) is 5.91 Å². The fraction of sp³-hybridized carbons (Fsp3) is 0.474. The van der Waals surface area contributed by atoms with Gasteiger partial charge < -0.3 is 20.3 Å². The molecule has 0 saturated heterocycles. The molecule has 1 unspecified atom stereocenters. The van der Waals surface area contributed by atoms with Crippen molar-refractivity contribution >= 4 is 29.5 Å². The molecule has 1 amide bonds. The van der Waals surface area contributed by atoms with Crippen molar-refractivity contribution in [3.63, 3.8) is 0 Å². The molecule has 1 atom stereocenters. The number of aromatic carboxylic acids is 2. The summed E-state index contributed by atoms with van der Waals surface area (Å²) in [6.45, 7) is 7.69. The Morgan fingerprint density at radius 2 is 1.30 bits per heavy atom. The summed E-state index contributed by atoms with van der Waals surface area (Å²) in [5.41, 5.74) is 0.884. The highest BCUT2D eigenvalue weighted by atomic mass is 16.5. The number of anilines is 1. The molecule has 0 saturated carbocycles. The van der Waals surface area contributed by atoms with Crippen LogP contribution in [0.5, 0.6) is 0 Å². The Hall–Kier alpha value is -2.90. The van der Waals surface area contributed by atoms with Crippen LogP contribution in [0.25, 0.3) is 0 Å². The zero-order valence-electron chi connectivity index (χ0n) is 16.1. The smallest absolute Gasteiger partial charge is 0.336 e. The maximum atomic E-state index is 12.4. The summed E-state index contributed by atoms with van der Waals surface area (Å²) in [5.74, 6) is -3.80. The summed E-state index contributed by atoms with van der Waals surface area (Å²) >= 11 is 0. The molecule has 8 nitrogen and oxygen atoms in total. The van der Waals surface area contributed by atoms with Gasteiger partial charge in [-0.1, -0.05) is 20.8 Å². The van der Waals surface area contributed by atoms with E-state index in [1.54, 1.807) is 20.8 Å². The third kappa shape index (κ3) is 4.64. The molecule has 0 aliphatic rings. The van der Waals surface area contributed by atoms with Gasteiger partial charge in [-0.3, -0.25) is 9.59 Å². The van der Waals surface area contributed by atoms with Crippen molar-refractivity contribution in [2.45, 2.75) is 60.0 Å². The molecule has 8 heteroatoms. The Balaban J connectivity index is 3.76. The second kappa shape index (κ2) is 9.16. The molecule has 1 rings (SSSR count). The first-order valence-electron chi connectivity index (χ1n) is 8.75. The molecule has 0 bridgehead atoms. The molecule has 0 fully saturated rings. The van der Waals surface area contributed by atoms with Crippen LogP contribution in [0.1, 0.15) is 72.0 Å². The maximum Gasteiger partial charge on any atom is 0.336 e. The average molecular weight is 379 g/mol. The molecule has 0 aliphatic heterocycles. The van der Waals surface area contributed by atoms with E-state index in [9.17, 15) is 29.4 Å². The van der Waals surface area contributed by atoms with Crippen molar-refractivity contribution in [1.29, 1.82) is 0 Å². The summed E-state index contributed by atoms with van der Waals surface area (Å²) in [4.78, 5) is 47.2. The van der Waals surface area contributed by atoms with E-state index in [1.807, 2.05) is 0 Å². The number of nitrogens with one attached hydrogen (secondary N) is 1. The number of carbonyl (C=O) groups is 4. The van der Waals surface area contributed by atoms with Crippen LogP contribution in [0.2, 0.25) is 0 Å². The first-order chi connectivity index (χ1) is 12.6. The molecule has 1 aromatic rings. The van der Waals surface area contributed by atoms with Crippen molar-refractivity contribution in [2.75, 3.05) is 5.32 Å². The van der Waals surface area contributed by atoms with Crippen molar-refractivity contribution in [2.24, 2.45) is 0 Å². The predicted octanol–water partition coefficient (Wildman–Crippen LogP) is 2.66. The third-order valence-corrected chi connectivity index (χ3v) is 4.26. The van der Waals surface area contributed by atoms with Crippen molar-refractivity contribution in [3.8, 4) is 0 Å². The number of carboxylic acids is 2. The minimum atomic E-state index is -1.25. The molecule has 0 aromatic heterocycles. The van der Waals surface area contributed by atoms with Crippen LogP contribution >= 0.6 is 0 Å². The lowest BCUT2D eigenvalue weighted by atomic mass is 9.86. The summed E-state index contributed by atoms with van der Waals surface area (Å²) in [6.07, 6.45) is -0.330. The first-order valence-corrected chi connectivity index (χ1v) is 8.75. The maximum absolute atomic E-state index is 12.4. The average Bonchev–Trinajstić information content (AvgIpc) is 2.58.